The molecule has 2 aromatic rings. The van der Waals surface area contributed by atoms with Crippen molar-refractivity contribution in [3.63, 3.8) is 0 Å². The van der Waals surface area contributed by atoms with Crippen LogP contribution in [0.2, 0.25) is 0 Å². The molecule has 0 unspecified atom stereocenters. The van der Waals surface area contributed by atoms with Crippen LogP contribution < -0.4 is 10.2 Å². The summed E-state index contributed by atoms with van der Waals surface area (Å²) in [5, 5.41) is 4.51. The first-order valence-corrected chi connectivity index (χ1v) is 8.31. The van der Waals surface area contributed by atoms with Crippen molar-refractivity contribution in [2.24, 2.45) is 0 Å². The number of halogens is 1. The Bertz CT molecular complexity index is 566. The van der Waals surface area contributed by atoms with Crippen LogP contribution in [0.15, 0.2) is 22.9 Å². The summed E-state index contributed by atoms with van der Waals surface area (Å²) >= 11 is 5.12. The Balaban J connectivity index is 2.00. The molecule has 2 rings (SSSR count). The van der Waals surface area contributed by atoms with E-state index in [1.165, 1.54) is 4.88 Å². The summed E-state index contributed by atoms with van der Waals surface area (Å²) in [7, 11) is 0. The fraction of sp³-hybridized carbons (Fsp3) is 0.429. The van der Waals surface area contributed by atoms with Gasteiger partial charge in [-0.1, -0.05) is 0 Å². The third-order valence-corrected chi connectivity index (χ3v) is 4.58. The largest absolute Gasteiger partial charge is 0.379 e. The minimum absolute atomic E-state index is 0.781. The van der Waals surface area contributed by atoms with E-state index >= 15 is 0 Å². The number of rotatable bonds is 6. The monoisotopic (exact) mass is 354 g/mol. The fourth-order valence-electron chi connectivity index (χ4n) is 1.92. The summed E-state index contributed by atoms with van der Waals surface area (Å²) < 4.78 is 0.863. The molecule has 0 fully saturated rings. The van der Waals surface area contributed by atoms with Crippen LogP contribution >= 0.6 is 27.3 Å². The summed E-state index contributed by atoms with van der Waals surface area (Å²) in [5.41, 5.74) is 2.05. The van der Waals surface area contributed by atoms with E-state index in [0.717, 1.165) is 40.8 Å². The second-order valence-corrected chi connectivity index (χ2v) is 6.31. The Morgan fingerprint density at radius 1 is 1.30 bits per heavy atom. The summed E-state index contributed by atoms with van der Waals surface area (Å²) in [6.07, 6.45) is 1.95. The average Bonchev–Trinajstić information content (AvgIpc) is 2.88. The number of hydrogen-bond donors (Lipinski definition) is 1. The Morgan fingerprint density at radius 2 is 2.05 bits per heavy atom. The third kappa shape index (κ3) is 3.70. The number of aryl methyl sites for hydroxylation is 1. The van der Waals surface area contributed by atoms with Gasteiger partial charge < -0.3 is 10.2 Å². The van der Waals surface area contributed by atoms with Gasteiger partial charge in [0.05, 0.1) is 17.9 Å². The van der Waals surface area contributed by atoms with Crippen LogP contribution in [0, 0.1) is 6.92 Å². The van der Waals surface area contributed by atoms with E-state index in [0.29, 0.717) is 0 Å². The van der Waals surface area contributed by atoms with Gasteiger partial charge in [0, 0.05) is 24.2 Å². The van der Waals surface area contributed by atoms with Gasteiger partial charge in [-0.05, 0) is 48.8 Å². The molecular weight excluding hydrogens is 336 g/mol. The molecular formula is C14H19BrN4S. The van der Waals surface area contributed by atoms with Crippen molar-refractivity contribution in [2.75, 3.05) is 23.3 Å². The van der Waals surface area contributed by atoms with Gasteiger partial charge in [0.15, 0.2) is 5.13 Å². The van der Waals surface area contributed by atoms with E-state index in [-0.39, 0.29) is 0 Å². The van der Waals surface area contributed by atoms with Gasteiger partial charge >= 0.3 is 0 Å². The lowest BCUT2D eigenvalue weighted by Gasteiger charge is -2.16. The van der Waals surface area contributed by atoms with Crippen LogP contribution in [-0.2, 0) is 6.54 Å². The SMILES string of the molecule is CCN(CC)c1ncc(CNc2ccc(Br)nc2C)s1. The highest BCUT2D eigenvalue weighted by atomic mass is 79.9. The normalized spacial score (nSPS) is 10.6. The van der Waals surface area contributed by atoms with Gasteiger partial charge in [-0.2, -0.15) is 0 Å². The number of thiazole rings is 1. The zero-order valence-electron chi connectivity index (χ0n) is 12.0. The van der Waals surface area contributed by atoms with Gasteiger partial charge in [0.1, 0.15) is 4.60 Å². The number of pyridine rings is 1. The standard InChI is InChI=1S/C14H19BrN4S/c1-4-19(5-2)14-17-9-11(20-14)8-16-12-6-7-13(15)18-10(12)3/h6-7,9,16H,4-5,8H2,1-3H3. The summed E-state index contributed by atoms with van der Waals surface area (Å²) in [4.78, 5) is 12.4. The van der Waals surface area contributed by atoms with Gasteiger partial charge in [-0.15, -0.1) is 11.3 Å². The van der Waals surface area contributed by atoms with Gasteiger partial charge in [-0.3, -0.25) is 0 Å². The second-order valence-electron chi connectivity index (χ2n) is 4.40. The molecule has 1 N–H and O–H groups in total. The van der Waals surface area contributed by atoms with E-state index in [2.05, 4.69) is 50.0 Å². The van der Waals surface area contributed by atoms with Crippen LogP contribution in [0.1, 0.15) is 24.4 Å². The number of hydrogen-bond acceptors (Lipinski definition) is 5. The van der Waals surface area contributed by atoms with E-state index in [9.17, 15) is 0 Å². The molecule has 0 atom stereocenters. The molecule has 0 aliphatic rings. The summed E-state index contributed by atoms with van der Waals surface area (Å²) in [6, 6.07) is 3.99. The van der Waals surface area contributed by atoms with E-state index in [1.807, 2.05) is 25.3 Å². The van der Waals surface area contributed by atoms with E-state index < -0.39 is 0 Å². The molecule has 2 heterocycles. The lowest BCUT2D eigenvalue weighted by atomic mass is 10.3. The fourth-order valence-corrected chi connectivity index (χ4v) is 3.29. The highest BCUT2D eigenvalue weighted by molar-refractivity contribution is 9.10. The molecule has 2 aromatic heterocycles. The maximum absolute atomic E-state index is 4.49. The molecule has 0 aromatic carbocycles. The molecule has 0 saturated heterocycles. The van der Waals surface area contributed by atoms with Crippen molar-refractivity contribution in [2.45, 2.75) is 27.3 Å². The molecule has 6 heteroatoms. The smallest absolute Gasteiger partial charge is 0.185 e. The molecule has 0 spiro atoms. The third-order valence-electron chi connectivity index (χ3n) is 3.08. The topological polar surface area (TPSA) is 41.1 Å². The molecule has 4 nitrogen and oxygen atoms in total. The second kappa shape index (κ2) is 7.04. The van der Waals surface area contributed by atoms with Crippen LogP contribution in [-0.4, -0.2) is 23.1 Å². The number of nitrogens with zero attached hydrogens (tertiary/aromatic N) is 3. The average molecular weight is 355 g/mol. The lowest BCUT2D eigenvalue weighted by molar-refractivity contribution is 0.860. The molecule has 108 valence electrons. The van der Waals surface area contributed by atoms with Crippen LogP contribution in [0.5, 0.6) is 0 Å². The zero-order chi connectivity index (χ0) is 14.5. The molecule has 0 bridgehead atoms. The summed E-state index contributed by atoms with van der Waals surface area (Å²) in [6.45, 7) is 9.07. The molecule has 0 saturated carbocycles. The van der Waals surface area contributed by atoms with Crippen LogP contribution in [0.3, 0.4) is 0 Å². The van der Waals surface area contributed by atoms with E-state index in [1.54, 1.807) is 11.3 Å². The Kier molecular flexibility index (Phi) is 5.37. The van der Waals surface area contributed by atoms with Gasteiger partial charge in [0.25, 0.3) is 0 Å². The van der Waals surface area contributed by atoms with Crippen LogP contribution in [0.25, 0.3) is 0 Å². The Hall–Kier alpha value is -1.14. The number of aromatic nitrogens is 2. The van der Waals surface area contributed by atoms with Crippen molar-refractivity contribution >= 4 is 38.1 Å². The number of nitrogens with one attached hydrogen (secondary N) is 1. The van der Waals surface area contributed by atoms with Crippen molar-refractivity contribution in [1.82, 2.24) is 9.97 Å². The Labute approximate surface area is 132 Å². The van der Waals surface area contributed by atoms with Gasteiger partial charge in [0.2, 0.25) is 0 Å². The molecule has 0 amide bonds. The van der Waals surface area contributed by atoms with Crippen molar-refractivity contribution < 1.29 is 0 Å². The lowest BCUT2D eigenvalue weighted by Crippen LogP contribution is -2.21. The first kappa shape index (κ1) is 15.3. The molecule has 0 radical (unpaired) electrons. The van der Waals surface area contributed by atoms with Crippen molar-refractivity contribution in [1.29, 1.82) is 0 Å². The molecule has 0 aliphatic heterocycles. The summed E-state index contributed by atoms with van der Waals surface area (Å²) in [5.74, 6) is 0. The van der Waals surface area contributed by atoms with Crippen molar-refractivity contribution in [3.05, 3.63) is 33.5 Å². The first-order chi connectivity index (χ1) is 9.63. The quantitative estimate of drug-likeness (QED) is 0.794. The highest BCUT2D eigenvalue weighted by Gasteiger charge is 2.08. The Morgan fingerprint density at radius 3 is 2.70 bits per heavy atom. The van der Waals surface area contributed by atoms with Gasteiger partial charge in [-0.25, -0.2) is 9.97 Å². The highest BCUT2D eigenvalue weighted by Crippen LogP contribution is 2.24. The van der Waals surface area contributed by atoms with Crippen LogP contribution in [0.4, 0.5) is 10.8 Å². The number of anilines is 2. The maximum atomic E-state index is 4.49. The molecule has 20 heavy (non-hydrogen) atoms. The maximum Gasteiger partial charge on any atom is 0.185 e. The predicted octanol–water partition coefficient (Wildman–Crippen LogP) is 4.07. The molecule has 0 aliphatic carbocycles. The zero-order valence-corrected chi connectivity index (χ0v) is 14.4. The van der Waals surface area contributed by atoms with E-state index in [4.69, 9.17) is 0 Å². The minimum atomic E-state index is 0.781. The minimum Gasteiger partial charge on any atom is -0.379 e. The first-order valence-electron chi connectivity index (χ1n) is 6.70. The van der Waals surface area contributed by atoms with Crippen molar-refractivity contribution in [3.8, 4) is 0 Å². The predicted molar refractivity (Wildman–Crippen MR) is 89.7 cm³/mol.